The molecule has 1 rings (SSSR count). The monoisotopic (exact) mass is 911 g/mol. The summed E-state index contributed by atoms with van der Waals surface area (Å²) in [4.78, 5) is 0. The van der Waals surface area contributed by atoms with Crippen molar-refractivity contribution in [2.45, 2.75) is 46.5 Å². The molecular weight excluding hydrogens is 824 g/mol. The predicted octanol–water partition coefficient (Wildman–Crippen LogP) is 4.02. The normalized spacial score (nSPS) is 12.2. The van der Waals surface area contributed by atoms with Gasteiger partial charge in [0, 0.05) is 0 Å². The molecule has 0 bridgehead atoms. The highest BCUT2D eigenvalue weighted by Crippen LogP contribution is 2.36. The van der Waals surface area contributed by atoms with Gasteiger partial charge in [-0.25, -0.2) is 0 Å². The summed E-state index contributed by atoms with van der Waals surface area (Å²) in [6, 6.07) is 8.41. The van der Waals surface area contributed by atoms with E-state index in [1.54, 1.807) is 0 Å². The van der Waals surface area contributed by atoms with Crippen molar-refractivity contribution in [1.29, 1.82) is 0 Å². The molecule has 0 atom stereocenters. The van der Waals surface area contributed by atoms with Gasteiger partial charge >= 0.3 is 0 Å². The first kappa shape index (κ1) is 59.4. The third kappa shape index (κ3) is 42.8. The zero-order valence-electron chi connectivity index (χ0n) is 39.6. The van der Waals surface area contributed by atoms with E-state index in [4.69, 9.17) is 80.9 Å². The summed E-state index contributed by atoms with van der Waals surface area (Å²) in [7, 11) is 0. The van der Waals surface area contributed by atoms with Crippen molar-refractivity contribution < 1.29 is 80.9 Å². The van der Waals surface area contributed by atoms with Crippen LogP contribution in [-0.4, -0.2) is 217 Å². The van der Waals surface area contributed by atoms with Gasteiger partial charge < -0.3 is 80.9 Å². The topological polar surface area (TPSA) is 168 Å². The Balaban J connectivity index is 1.67. The lowest BCUT2D eigenvalue weighted by Crippen LogP contribution is -2.24. The first-order chi connectivity index (χ1) is 30.7. The second-order valence-electron chi connectivity index (χ2n) is 15.9. The molecule has 0 radical (unpaired) electrons. The minimum atomic E-state index is 0.0214. The molecule has 0 fully saturated rings. The summed E-state index contributed by atoms with van der Waals surface area (Å²) in [5, 5.41) is 8.60. The minimum Gasteiger partial charge on any atom is -0.491 e. The first-order valence-electron chi connectivity index (χ1n) is 22.7. The average Bonchev–Trinajstić information content (AvgIpc) is 3.25. The van der Waals surface area contributed by atoms with Crippen molar-refractivity contribution in [3.8, 4) is 5.75 Å². The maximum absolute atomic E-state index is 8.60. The number of ether oxygens (including phenoxy) is 16. The molecular formula is C46H86O17. The van der Waals surface area contributed by atoms with Crippen molar-refractivity contribution in [1.82, 2.24) is 0 Å². The van der Waals surface area contributed by atoms with Gasteiger partial charge in [0.15, 0.2) is 0 Å². The molecule has 0 aliphatic heterocycles. The van der Waals surface area contributed by atoms with Crippen LogP contribution in [0.3, 0.4) is 0 Å². The Labute approximate surface area is 379 Å². The molecule has 17 heteroatoms. The van der Waals surface area contributed by atoms with E-state index in [0.717, 1.165) is 12.2 Å². The molecule has 17 nitrogen and oxygen atoms in total. The van der Waals surface area contributed by atoms with Crippen LogP contribution in [0.5, 0.6) is 5.75 Å². The van der Waals surface area contributed by atoms with Gasteiger partial charge in [0.1, 0.15) is 12.4 Å². The molecule has 0 aliphatic rings. The zero-order chi connectivity index (χ0) is 45.6. The molecule has 0 unspecified atom stereocenters. The second kappa shape index (κ2) is 44.2. The third-order valence-electron chi connectivity index (χ3n) is 8.55. The maximum atomic E-state index is 8.60. The molecule has 372 valence electrons. The summed E-state index contributed by atoms with van der Waals surface area (Å²) in [6.45, 7) is 26.7. The van der Waals surface area contributed by atoms with Gasteiger partial charge in [-0.2, -0.15) is 0 Å². The molecule has 1 N–H and O–H groups in total. The molecule has 0 heterocycles. The van der Waals surface area contributed by atoms with Crippen LogP contribution in [0.4, 0.5) is 0 Å². The van der Waals surface area contributed by atoms with E-state index in [-0.39, 0.29) is 17.4 Å². The van der Waals surface area contributed by atoms with E-state index in [1.165, 1.54) is 5.56 Å². The van der Waals surface area contributed by atoms with E-state index >= 15 is 0 Å². The number of rotatable bonds is 50. The summed E-state index contributed by atoms with van der Waals surface area (Å²) in [5.41, 5.74) is 1.72. The van der Waals surface area contributed by atoms with Crippen LogP contribution in [0.2, 0.25) is 0 Å². The standard InChI is InChI=1S/C46H86O17/c1-45(2,3)42-46(4,5)43-6-8-44(9-7-43)63-41-40-62-39-38-61-37-36-60-35-34-59-33-32-58-31-30-57-29-28-56-27-26-55-25-24-54-23-22-53-21-20-52-19-18-51-17-16-50-15-14-49-13-12-48-11-10-47/h6-9,47H,10-42H2,1-5H3. The van der Waals surface area contributed by atoms with Crippen LogP contribution < -0.4 is 4.74 Å². The Morgan fingerprint density at radius 3 is 0.714 bits per heavy atom. The van der Waals surface area contributed by atoms with Gasteiger partial charge in [0.2, 0.25) is 0 Å². The molecule has 0 saturated carbocycles. The Bertz CT molecular complexity index is 1060. The van der Waals surface area contributed by atoms with Crippen LogP contribution in [0.15, 0.2) is 24.3 Å². The van der Waals surface area contributed by atoms with Gasteiger partial charge in [-0.15, -0.1) is 0 Å². The van der Waals surface area contributed by atoms with Crippen molar-refractivity contribution in [3.05, 3.63) is 29.8 Å². The molecule has 0 spiro atoms. The third-order valence-corrected chi connectivity index (χ3v) is 8.55. The second-order valence-corrected chi connectivity index (χ2v) is 15.9. The number of aliphatic hydroxyl groups is 1. The van der Waals surface area contributed by atoms with Crippen LogP contribution in [0.25, 0.3) is 0 Å². The Kier molecular flexibility index (Phi) is 41.7. The van der Waals surface area contributed by atoms with E-state index in [1.807, 2.05) is 12.1 Å². The van der Waals surface area contributed by atoms with Gasteiger partial charge in [-0.3, -0.25) is 0 Å². The molecule has 1 aromatic carbocycles. The summed E-state index contributed by atoms with van der Waals surface area (Å²) in [5.74, 6) is 0.857. The quantitative estimate of drug-likeness (QED) is 0.0931. The van der Waals surface area contributed by atoms with Crippen LogP contribution in [0.1, 0.15) is 46.6 Å². The van der Waals surface area contributed by atoms with Crippen LogP contribution in [0, 0.1) is 5.41 Å². The summed E-state index contributed by atoms with van der Waals surface area (Å²) < 4.78 is 87.9. The first-order valence-corrected chi connectivity index (χ1v) is 22.7. The molecule has 1 aromatic rings. The Morgan fingerprint density at radius 2 is 0.508 bits per heavy atom. The van der Waals surface area contributed by atoms with Gasteiger partial charge in [0.05, 0.1) is 205 Å². The number of hydrogen-bond donors (Lipinski definition) is 1. The molecule has 63 heavy (non-hydrogen) atoms. The predicted molar refractivity (Wildman–Crippen MR) is 238 cm³/mol. The molecule has 0 aromatic heterocycles. The SMILES string of the molecule is CC(C)(C)CC(C)(C)c1ccc(OCCOCCOCCOCCOCCOCCOCCOCCOCCOCCOCCOCCOCCOCCOCCOCCO)cc1. The van der Waals surface area contributed by atoms with E-state index in [0.29, 0.717) is 205 Å². The van der Waals surface area contributed by atoms with Gasteiger partial charge in [0.25, 0.3) is 0 Å². The summed E-state index contributed by atoms with van der Waals surface area (Å²) in [6.07, 6.45) is 1.11. The highest BCUT2D eigenvalue weighted by atomic mass is 16.6. The number of aliphatic hydroxyl groups excluding tert-OH is 1. The lowest BCUT2D eigenvalue weighted by atomic mass is 9.72. The van der Waals surface area contributed by atoms with Crippen molar-refractivity contribution in [2.75, 3.05) is 211 Å². The molecule has 0 aliphatic carbocycles. The van der Waals surface area contributed by atoms with Gasteiger partial charge in [-0.1, -0.05) is 46.8 Å². The minimum absolute atomic E-state index is 0.0214. The maximum Gasteiger partial charge on any atom is 0.119 e. The largest absolute Gasteiger partial charge is 0.491 e. The smallest absolute Gasteiger partial charge is 0.119 e. The summed E-state index contributed by atoms with van der Waals surface area (Å²) >= 11 is 0. The lowest BCUT2D eigenvalue weighted by Gasteiger charge is -2.33. The molecule has 0 saturated heterocycles. The van der Waals surface area contributed by atoms with Crippen LogP contribution in [-0.2, 0) is 76.5 Å². The Hall–Kier alpha value is -1.62. The Morgan fingerprint density at radius 1 is 0.302 bits per heavy atom. The fourth-order valence-electron chi connectivity index (χ4n) is 5.89. The van der Waals surface area contributed by atoms with Crippen molar-refractivity contribution in [3.63, 3.8) is 0 Å². The van der Waals surface area contributed by atoms with E-state index in [2.05, 4.69) is 46.8 Å². The van der Waals surface area contributed by atoms with Gasteiger partial charge in [-0.05, 0) is 34.9 Å². The highest BCUT2D eigenvalue weighted by molar-refractivity contribution is 5.31. The van der Waals surface area contributed by atoms with Crippen molar-refractivity contribution >= 4 is 0 Å². The fraction of sp³-hybridized carbons (Fsp3) is 0.870. The molecule has 0 amide bonds. The number of benzene rings is 1. The fourth-order valence-corrected chi connectivity index (χ4v) is 5.89. The zero-order valence-corrected chi connectivity index (χ0v) is 39.6. The highest BCUT2D eigenvalue weighted by Gasteiger charge is 2.27. The number of hydrogen-bond acceptors (Lipinski definition) is 17. The average molecular weight is 911 g/mol. The van der Waals surface area contributed by atoms with Crippen LogP contribution >= 0.6 is 0 Å². The van der Waals surface area contributed by atoms with Crippen molar-refractivity contribution in [2.24, 2.45) is 5.41 Å². The lowest BCUT2D eigenvalue weighted by molar-refractivity contribution is -0.0302. The van der Waals surface area contributed by atoms with E-state index < -0.39 is 0 Å². The van der Waals surface area contributed by atoms with E-state index in [9.17, 15) is 0 Å².